The van der Waals surface area contributed by atoms with Crippen LogP contribution in [-0.4, -0.2) is 153 Å². The number of carbonyl (C=O) groups excluding carboxylic acids is 4. The third-order valence-electron chi connectivity index (χ3n) is 17.2. The van der Waals surface area contributed by atoms with Crippen molar-refractivity contribution in [2.45, 2.75) is 110 Å². The van der Waals surface area contributed by atoms with Gasteiger partial charge in [-0.2, -0.15) is 0 Å². The fraction of sp³-hybridized carbons (Fsp3) is 0.432. The first-order chi connectivity index (χ1) is 56.7. The van der Waals surface area contributed by atoms with E-state index in [1.165, 1.54) is 18.2 Å². The Labute approximate surface area is 725 Å². The van der Waals surface area contributed by atoms with Crippen molar-refractivity contribution < 1.29 is 91.0 Å². The number of esters is 3. The number of anilines is 1. The first-order valence-electron chi connectivity index (χ1n) is 36.7. The lowest BCUT2D eigenvalue weighted by Crippen LogP contribution is -2.20. The molecule has 5 fully saturated rings. The second-order valence-corrected chi connectivity index (χ2v) is 31.0. The SMILES string of the molecule is CCOC(=O)/C=C/c1c(Br)cc(F)c(N=NN2CCCC2)c1F.CCOC(=O)CC(CN)c1c(Br)cc(F)c(N=NN2CCCC2)c1F.CCOC(=O)CC(C[N+](=O)[O-])c1c(Br)cc(F)c(N=NN2CCCC2)c1F.Fc1cc(Br)cc(F)c1N=NN1CCCC1.Nc1c(F)cc(Br)cc1F.O=Cc1c(Br)cc(F)c(N=NN2CCCC2)c1F. The van der Waals surface area contributed by atoms with Gasteiger partial charge in [-0.05, 0) is 178 Å². The Morgan fingerprint density at radius 3 is 1.05 bits per heavy atom. The molecule has 5 heterocycles. The van der Waals surface area contributed by atoms with Crippen LogP contribution in [0.15, 0.2) is 133 Å². The van der Waals surface area contributed by atoms with E-state index in [4.69, 9.17) is 25.7 Å². The van der Waals surface area contributed by atoms with Crippen molar-refractivity contribution in [3.63, 3.8) is 0 Å². The van der Waals surface area contributed by atoms with Gasteiger partial charge in [-0.25, -0.2) is 57.5 Å². The van der Waals surface area contributed by atoms with E-state index in [1.807, 2.05) is 0 Å². The molecule has 0 spiro atoms. The average molecular weight is 2070 g/mol. The summed E-state index contributed by atoms with van der Waals surface area (Å²) in [6.07, 6.45) is 11.9. The predicted octanol–water partition coefficient (Wildman–Crippen LogP) is 22.1. The Morgan fingerprint density at radius 1 is 0.437 bits per heavy atom. The molecule has 6 aromatic rings. The maximum Gasteiger partial charge on any atom is 0.330 e. The number of aldehydes is 1. The van der Waals surface area contributed by atoms with Crippen LogP contribution in [0.3, 0.4) is 0 Å². The van der Waals surface area contributed by atoms with Crippen molar-refractivity contribution >= 4 is 160 Å². The number of halogens is 18. The number of nitro groups is 1. The standard InChI is InChI=1S/C16H19BrF2N4O4.C16H21BrF2N4O2.C15H16BrF2N3O2.C11H10BrF2N3O.C10H10BrF2N3.C6H4BrF2N/c1-2-27-13(24)7-10(9-23(25)26)14-11(17)8-12(18)16(15(14)19)20-21-22-5-3-4-6-22;1-2-25-13(24)7-10(9-20)14-11(17)8-12(18)16(15(14)19)21-22-23-5-3-4-6-23;1-2-23-13(22)6-5-10-11(16)9-12(17)15(14(10)18)19-20-21-7-3-4-8-21;12-8-5-9(13)11(10(14)7(8)6-18)15-16-17-3-1-2-4-17;11-7-5-8(12)10(9(13)6-7)14-15-16-3-1-2-4-16;7-3-1-4(8)6(10)5(9)2-3/h8,10H,2-7,9H2,1H3;8,10H,2-7,9,20H2,1H3;5-6,9H,2-4,7-8H2,1H3;5-6H,1-4H2;5-6H,1-4H2;1-2H,10H2/b;;6-5+,20-19?;;;. The number of rotatable bonds is 25. The summed E-state index contributed by atoms with van der Waals surface area (Å²) in [7, 11) is 0. The van der Waals surface area contributed by atoms with Gasteiger partial charge in [-0.1, -0.05) is 89.8 Å². The smallest absolute Gasteiger partial charge is 0.330 e. The molecule has 45 heteroatoms. The van der Waals surface area contributed by atoms with Crippen molar-refractivity contribution in [1.82, 2.24) is 25.0 Å². The quantitative estimate of drug-likeness (QED) is 0.00619. The van der Waals surface area contributed by atoms with Crippen LogP contribution in [0.5, 0.6) is 0 Å². The third kappa shape index (κ3) is 31.1. The largest absolute Gasteiger partial charge is 0.466 e. The molecule has 0 saturated carbocycles. The molecule has 0 aliphatic carbocycles. The molecule has 27 nitrogen and oxygen atoms in total. The fourth-order valence-electron chi connectivity index (χ4n) is 11.4. The number of ether oxygens (including phenoxy) is 3. The number of hydrogen-bond donors (Lipinski definition) is 2. The zero-order valence-corrected chi connectivity index (χ0v) is 73.4. The Balaban J connectivity index is 0.000000226. The van der Waals surface area contributed by atoms with Crippen molar-refractivity contribution in [2.75, 3.05) is 104 Å². The van der Waals surface area contributed by atoms with Crippen LogP contribution in [-0.2, 0) is 28.6 Å². The molecule has 646 valence electrons. The minimum absolute atomic E-state index is 0.00265. The molecule has 11 rings (SSSR count). The van der Waals surface area contributed by atoms with E-state index >= 15 is 0 Å². The molecule has 0 radical (unpaired) electrons. The molecular weight excluding hydrogens is 1990 g/mol. The lowest BCUT2D eigenvalue weighted by atomic mass is 9.94. The number of carbonyl (C=O) groups is 4. The van der Waals surface area contributed by atoms with Crippen molar-refractivity contribution in [1.29, 1.82) is 0 Å². The number of nitrogens with two attached hydrogens (primary N) is 2. The second kappa shape index (κ2) is 50.5. The summed E-state index contributed by atoms with van der Waals surface area (Å²) >= 11 is 18.1. The molecule has 119 heavy (non-hydrogen) atoms. The molecule has 0 aromatic heterocycles. The first-order valence-corrected chi connectivity index (χ1v) is 41.5. The Bertz CT molecular complexity index is 4630. The molecule has 2 atom stereocenters. The van der Waals surface area contributed by atoms with E-state index < -0.39 is 146 Å². The summed E-state index contributed by atoms with van der Waals surface area (Å²) in [6.45, 7) is 11.9. The molecule has 2 unspecified atom stereocenters. The predicted molar refractivity (Wildman–Crippen MR) is 435 cm³/mol. The normalized spacial score (nSPS) is 15.1. The maximum atomic E-state index is 15.0. The molecule has 5 saturated heterocycles. The third-order valence-corrected chi connectivity index (χ3v) is 20.8. The first kappa shape index (κ1) is 99.2. The van der Waals surface area contributed by atoms with Gasteiger partial charge in [0.05, 0.1) is 44.1 Å². The number of nitrogen functional groups attached to an aromatic ring is 1. The summed E-state index contributed by atoms with van der Waals surface area (Å²) in [5, 5.41) is 56.7. The zero-order chi connectivity index (χ0) is 87.6. The van der Waals surface area contributed by atoms with Gasteiger partial charge in [-0.15, -0.1) is 25.6 Å². The van der Waals surface area contributed by atoms with Gasteiger partial charge in [-0.3, -0.25) is 49.5 Å². The molecule has 5 aliphatic rings. The van der Waals surface area contributed by atoms with Crippen LogP contribution in [0.25, 0.3) is 6.08 Å². The monoisotopic (exact) mass is 2070 g/mol. The van der Waals surface area contributed by atoms with Crippen LogP contribution in [0.2, 0.25) is 0 Å². The van der Waals surface area contributed by atoms with E-state index in [2.05, 4.69) is 147 Å². The summed E-state index contributed by atoms with van der Waals surface area (Å²) in [5.41, 5.74) is 7.42. The molecular formula is C74H80Br6F12N18O9. The van der Waals surface area contributed by atoms with Crippen LogP contribution >= 0.6 is 95.6 Å². The lowest BCUT2D eigenvalue weighted by molar-refractivity contribution is -0.483. The molecule has 5 aliphatic heterocycles. The van der Waals surface area contributed by atoms with E-state index in [0.717, 1.165) is 146 Å². The van der Waals surface area contributed by atoms with E-state index in [9.17, 15) is 82.0 Å². The van der Waals surface area contributed by atoms with Gasteiger partial charge in [0, 0.05) is 126 Å². The summed E-state index contributed by atoms with van der Waals surface area (Å²) in [4.78, 5) is 55.8. The Morgan fingerprint density at radius 2 is 0.723 bits per heavy atom. The highest BCUT2D eigenvalue weighted by molar-refractivity contribution is 9.11. The van der Waals surface area contributed by atoms with Crippen LogP contribution < -0.4 is 11.5 Å². The summed E-state index contributed by atoms with van der Waals surface area (Å²) in [6, 6.07) is 8.73. The number of benzene rings is 6. The van der Waals surface area contributed by atoms with Gasteiger partial charge in [0.2, 0.25) is 6.54 Å². The van der Waals surface area contributed by atoms with Crippen molar-refractivity contribution in [2.24, 2.45) is 57.4 Å². The minimum Gasteiger partial charge on any atom is -0.466 e. The van der Waals surface area contributed by atoms with E-state index in [-0.39, 0.29) is 78.6 Å². The van der Waals surface area contributed by atoms with Gasteiger partial charge in [0.15, 0.2) is 92.9 Å². The van der Waals surface area contributed by atoms with E-state index in [1.54, 1.807) is 45.8 Å². The Kier molecular flexibility index (Phi) is 42.1. The van der Waals surface area contributed by atoms with Gasteiger partial charge in [0.1, 0.15) is 17.3 Å². The van der Waals surface area contributed by atoms with Gasteiger partial charge in [0.25, 0.3) is 0 Å². The van der Waals surface area contributed by atoms with Crippen LogP contribution in [0, 0.1) is 79.9 Å². The molecule has 0 amide bonds. The van der Waals surface area contributed by atoms with Crippen molar-refractivity contribution in [3.05, 3.63) is 184 Å². The fourth-order valence-corrected chi connectivity index (χ4v) is 14.5. The number of hydrogen-bond acceptors (Lipinski definition) is 21. The van der Waals surface area contributed by atoms with Gasteiger partial charge < -0.3 is 25.7 Å². The molecule has 4 N–H and O–H groups in total. The highest BCUT2D eigenvalue weighted by atomic mass is 79.9. The van der Waals surface area contributed by atoms with Crippen molar-refractivity contribution in [3.8, 4) is 0 Å². The number of nitrogens with zero attached hydrogens (tertiary/aromatic N) is 16. The molecule has 0 bridgehead atoms. The van der Waals surface area contributed by atoms with Crippen LogP contribution in [0.4, 0.5) is 86.8 Å². The highest BCUT2D eigenvalue weighted by Crippen LogP contribution is 2.41. The minimum atomic E-state index is -1.14. The Hall–Kier alpha value is -8.66. The zero-order valence-electron chi connectivity index (χ0n) is 63.9. The summed E-state index contributed by atoms with van der Waals surface area (Å²) < 4.78 is 181. The average Bonchev–Trinajstić information content (AvgIpc) is 1.14. The topological polar surface area (TPSA) is 331 Å². The van der Waals surface area contributed by atoms with Crippen LogP contribution in [0.1, 0.15) is 137 Å². The van der Waals surface area contributed by atoms with E-state index in [0.29, 0.717) is 41.4 Å². The molecule has 6 aromatic carbocycles. The maximum absolute atomic E-state index is 15.0. The second-order valence-electron chi connectivity index (χ2n) is 25.8. The van der Waals surface area contributed by atoms with Gasteiger partial charge >= 0.3 is 17.9 Å². The summed E-state index contributed by atoms with van der Waals surface area (Å²) in [5.74, 6) is -13.8. The lowest BCUT2D eigenvalue weighted by Gasteiger charge is -2.18. The highest BCUT2D eigenvalue weighted by Gasteiger charge is 2.32.